The third-order valence-corrected chi connectivity index (χ3v) is 2.72. The van der Waals surface area contributed by atoms with Crippen molar-refractivity contribution in [1.82, 2.24) is 4.98 Å². The van der Waals surface area contributed by atoms with Crippen LogP contribution in [-0.4, -0.2) is 17.2 Å². The molecule has 0 radical (unpaired) electrons. The predicted molar refractivity (Wildman–Crippen MR) is 68.3 cm³/mol. The summed E-state index contributed by atoms with van der Waals surface area (Å²) in [5.74, 6) is -0.277. The quantitative estimate of drug-likeness (QED) is 0.855. The van der Waals surface area contributed by atoms with Gasteiger partial charge in [0.1, 0.15) is 5.69 Å². The number of anilines is 1. The van der Waals surface area contributed by atoms with E-state index < -0.39 is 0 Å². The van der Waals surface area contributed by atoms with Gasteiger partial charge in [0.25, 0.3) is 5.91 Å². The molecule has 2 aromatic rings. The molecule has 0 unspecified atom stereocenters. The lowest BCUT2D eigenvalue weighted by molar-refractivity contribution is 0.102. The Balaban J connectivity index is 2.11. The number of aldehydes is 1. The summed E-state index contributed by atoms with van der Waals surface area (Å²) in [4.78, 5) is 25.0. The summed E-state index contributed by atoms with van der Waals surface area (Å²) >= 11 is 3.31. The van der Waals surface area contributed by atoms with E-state index >= 15 is 0 Å². The Morgan fingerprint density at radius 2 is 2.00 bits per heavy atom. The third kappa shape index (κ3) is 2.82. The molecule has 0 spiro atoms. The zero-order chi connectivity index (χ0) is 12.3. The molecule has 2 N–H and O–H groups in total. The minimum Gasteiger partial charge on any atom is -0.356 e. The molecule has 0 saturated heterocycles. The van der Waals surface area contributed by atoms with Gasteiger partial charge in [0, 0.05) is 21.9 Å². The lowest BCUT2D eigenvalue weighted by Crippen LogP contribution is -2.11. The number of halogens is 1. The molecule has 0 saturated carbocycles. The second-order valence-corrected chi connectivity index (χ2v) is 4.34. The van der Waals surface area contributed by atoms with E-state index in [0.717, 1.165) is 4.47 Å². The van der Waals surface area contributed by atoms with Crippen molar-refractivity contribution in [2.75, 3.05) is 5.32 Å². The van der Waals surface area contributed by atoms with Gasteiger partial charge in [-0.3, -0.25) is 9.59 Å². The van der Waals surface area contributed by atoms with Crippen LogP contribution in [0.25, 0.3) is 0 Å². The van der Waals surface area contributed by atoms with Gasteiger partial charge in [-0.05, 0) is 30.3 Å². The number of aromatic nitrogens is 1. The van der Waals surface area contributed by atoms with Gasteiger partial charge in [0.15, 0.2) is 6.29 Å². The first-order valence-corrected chi connectivity index (χ1v) is 5.69. The summed E-state index contributed by atoms with van der Waals surface area (Å²) in [6.45, 7) is 0. The maximum atomic E-state index is 11.8. The van der Waals surface area contributed by atoms with Crippen LogP contribution in [0.15, 0.2) is 41.0 Å². The van der Waals surface area contributed by atoms with Crippen molar-refractivity contribution in [3.05, 3.63) is 52.3 Å². The van der Waals surface area contributed by atoms with Crippen LogP contribution in [0, 0.1) is 0 Å². The van der Waals surface area contributed by atoms with E-state index in [1.54, 1.807) is 12.1 Å². The van der Waals surface area contributed by atoms with Crippen molar-refractivity contribution in [1.29, 1.82) is 0 Å². The molecular formula is C12H9BrN2O2. The summed E-state index contributed by atoms with van der Waals surface area (Å²) in [6, 6.07) is 8.74. The van der Waals surface area contributed by atoms with Crippen molar-refractivity contribution < 1.29 is 9.59 Å². The largest absolute Gasteiger partial charge is 0.356 e. The van der Waals surface area contributed by atoms with Gasteiger partial charge in [0.05, 0.1) is 0 Å². The molecule has 1 aromatic heterocycles. The van der Waals surface area contributed by atoms with Gasteiger partial charge in [-0.2, -0.15) is 0 Å². The molecule has 4 nitrogen and oxygen atoms in total. The highest BCUT2D eigenvalue weighted by Gasteiger charge is 2.08. The fourth-order valence-corrected chi connectivity index (χ4v) is 1.61. The van der Waals surface area contributed by atoms with Crippen LogP contribution in [0.3, 0.4) is 0 Å². The maximum absolute atomic E-state index is 11.8. The summed E-state index contributed by atoms with van der Waals surface area (Å²) in [5, 5.41) is 2.72. The molecule has 5 heteroatoms. The molecule has 0 fully saturated rings. The van der Waals surface area contributed by atoms with E-state index in [1.807, 2.05) is 12.1 Å². The highest BCUT2D eigenvalue weighted by molar-refractivity contribution is 9.10. The molecule has 0 aliphatic carbocycles. The highest BCUT2D eigenvalue weighted by Crippen LogP contribution is 2.15. The minimum atomic E-state index is -0.277. The average Bonchev–Trinajstić information content (AvgIpc) is 2.81. The van der Waals surface area contributed by atoms with E-state index in [1.165, 1.54) is 12.3 Å². The Labute approximate surface area is 106 Å². The molecule has 1 amide bonds. The second-order valence-electron chi connectivity index (χ2n) is 3.43. The zero-order valence-corrected chi connectivity index (χ0v) is 10.3. The molecular weight excluding hydrogens is 284 g/mol. The average molecular weight is 293 g/mol. The van der Waals surface area contributed by atoms with Crippen LogP contribution < -0.4 is 5.32 Å². The molecule has 86 valence electrons. The van der Waals surface area contributed by atoms with Crippen LogP contribution in [0.2, 0.25) is 0 Å². The molecule has 17 heavy (non-hydrogen) atoms. The second kappa shape index (κ2) is 4.97. The van der Waals surface area contributed by atoms with E-state index in [-0.39, 0.29) is 5.91 Å². The van der Waals surface area contributed by atoms with Crippen molar-refractivity contribution in [3.8, 4) is 0 Å². The summed E-state index contributed by atoms with van der Waals surface area (Å²) in [7, 11) is 0. The third-order valence-electron chi connectivity index (χ3n) is 2.19. The topological polar surface area (TPSA) is 62.0 Å². The van der Waals surface area contributed by atoms with Crippen LogP contribution in [-0.2, 0) is 0 Å². The smallest absolute Gasteiger partial charge is 0.272 e. The zero-order valence-electron chi connectivity index (χ0n) is 8.74. The van der Waals surface area contributed by atoms with Crippen molar-refractivity contribution in [2.45, 2.75) is 0 Å². The standard InChI is InChI=1S/C12H9BrN2O2/c13-9-1-3-10(4-2-9)15-12(17)11-5-8(7-16)6-14-11/h1-7,14H,(H,15,17). The number of nitrogens with one attached hydrogen (secondary N) is 2. The first-order chi connectivity index (χ1) is 8.19. The number of aromatic amines is 1. The molecule has 0 aliphatic heterocycles. The van der Waals surface area contributed by atoms with Crippen molar-refractivity contribution in [3.63, 3.8) is 0 Å². The number of H-pyrrole nitrogens is 1. The summed E-state index contributed by atoms with van der Waals surface area (Å²) in [5.41, 5.74) is 1.50. The Morgan fingerprint density at radius 3 is 2.59 bits per heavy atom. The van der Waals surface area contributed by atoms with Crippen LogP contribution >= 0.6 is 15.9 Å². The fraction of sp³-hybridized carbons (Fsp3) is 0. The minimum absolute atomic E-state index is 0.277. The van der Waals surface area contributed by atoms with Crippen LogP contribution in [0.5, 0.6) is 0 Å². The van der Waals surface area contributed by atoms with Gasteiger partial charge in [-0.25, -0.2) is 0 Å². The molecule has 0 aliphatic rings. The molecule has 1 aromatic carbocycles. The van der Waals surface area contributed by atoms with Gasteiger partial charge in [0.2, 0.25) is 0 Å². The molecule has 0 atom stereocenters. The van der Waals surface area contributed by atoms with Gasteiger partial charge in [-0.15, -0.1) is 0 Å². The van der Waals surface area contributed by atoms with Crippen LogP contribution in [0.4, 0.5) is 5.69 Å². The molecule has 2 rings (SSSR count). The summed E-state index contributed by atoms with van der Waals surface area (Å²) in [6.07, 6.45) is 2.18. The Morgan fingerprint density at radius 1 is 1.29 bits per heavy atom. The SMILES string of the molecule is O=Cc1c[nH]c(C(=O)Nc2ccc(Br)cc2)c1. The first kappa shape index (κ1) is 11.6. The van der Waals surface area contributed by atoms with E-state index in [2.05, 4.69) is 26.2 Å². The Bertz CT molecular complexity index is 546. The normalized spacial score (nSPS) is 9.94. The van der Waals surface area contributed by atoms with Crippen LogP contribution in [0.1, 0.15) is 20.8 Å². The number of hydrogen-bond acceptors (Lipinski definition) is 2. The van der Waals surface area contributed by atoms with E-state index in [0.29, 0.717) is 23.2 Å². The number of amides is 1. The number of benzene rings is 1. The predicted octanol–water partition coefficient (Wildman–Crippen LogP) is 2.84. The number of rotatable bonds is 3. The molecule has 0 bridgehead atoms. The van der Waals surface area contributed by atoms with Gasteiger partial charge >= 0.3 is 0 Å². The first-order valence-electron chi connectivity index (χ1n) is 4.89. The number of carbonyl (C=O) groups is 2. The lowest BCUT2D eigenvalue weighted by atomic mass is 10.3. The maximum Gasteiger partial charge on any atom is 0.272 e. The number of hydrogen-bond donors (Lipinski definition) is 2. The van der Waals surface area contributed by atoms with E-state index in [4.69, 9.17) is 0 Å². The fourth-order valence-electron chi connectivity index (χ4n) is 1.34. The van der Waals surface area contributed by atoms with Crippen molar-refractivity contribution in [2.24, 2.45) is 0 Å². The molecule has 1 heterocycles. The lowest BCUT2D eigenvalue weighted by Gasteiger charge is -2.03. The van der Waals surface area contributed by atoms with Gasteiger partial charge in [-0.1, -0.05) is 15.9 Å². The highest BCUT2D eigenvalue weighted by atomic mass is 79.9. The Kier molecular flexibility index (Phi) is 3.39. The van der Waals surface area contributed by atoms with Gasteiger partial charge < -0.3 is 10.3 Å². The van der Waals surface area contributed by atoms with Crippen molar-refractivity contribution >= 4 is 33.8 Å². The Hall–Kier alpha value is -1.88. The monoisotopic (exact) mass is 292 g/mol. The summed E-state index contributed by atoms with van der Waals surface area (Å²) < 4.78 is 0.943. The van der Waals surface area contributed by atoms with E-state index in [9.17, 15) is 9.59 Å². The number of carbonyl (C=O) groups excluding carboxylic acids is 2.